The Labute approximate surface area is 189 Å². The molecule has 3 heterocycles. The second-order valence-corrected chi connectivity index (χ2v) is 9.37. The number of unbranched alkanes of at least 4 members (excludes halogenated alkanes) is 1. The first-order valence-electron chi connectivity index (χ1n) is 11.4. The molecule has 0 N–H and O–H groups in total. The van der Waals surface area contributed by atoms with E-state index in [1.807, 2.05) is 39.9 Å². The molecule has 2 amide bonds. The Balaban J connectivity index is 1.57. The van der Waals surface area contributed by atoms with Crippen molar-refractivity contribution in [3.05, 3.63) is 41.0 Å². The molecule has 7 heteroatoms. The van der Waals surface area contributed by atoms with Crippen molar-refractivity contribution in [3.8, 4) is 11.3 Å². The van der Waals surface area contributed by atoms with Crippen LogP contribution in [0.5, 0.6) is 0 Å². The monoisotopic (exact) mass is 442 g/mol. The van der Waals surface area contributed by atoms with E-state index in [-0.39, 0.29) is 24.4 Å². The number of amides is 2. The van der Waals surface area contributed by atoms with E-state index in [0.717, 1.165) is 56.5 Å². The van der Waals surface area contributed by atoms with Gasteiger partial charge in [0.05, 0.1) is 11.7 Å². The summed E-state index contributed by atoms with van der Waals surface area (Å²) in [5.74, 6) is 0.467. The number of piperidine rings is 1. The summed E-state index contributed by atoms with van der Waals surface area (Å²) in [6.07, 6.45) is 5.27. The van der Waals surface area contributed by atoms with Gasteiger partial charge in [-0.2, -0.15) is 5.10 Å². The first kappa shape index (κ1) is 21.9. The number of aromatic nitrogens is 2. The normalized spacial score (nSPS) is 21.3. The molecule has 2 aromatic rings. The molecule has 0 spiro atoms. The Bertz CT molecular complexity index is 940. The maximum atomic E-state index is 13.3. The number of rotatable bonds is 6. The predicted octanol–water partition coefficient (Wildman–Crippen LogP) is 4.65. The smallest absolute Gasteiger partial charge is 0.272 e. The molecule has 0 bridgehead atoms. The second-order valence-electron chi connectivity index (χ2n) is 8.94. The van der Waals surface area contributed by atoms with E-state index in [1.54, 1.807) is 4.90 Å². The number of carbonyl (C=O) groups excluding carboxylic acids is 2. The molecule has 1 aromatic heterocycles. The first-order valence-corrected chi connectivity index (χ1v) is 11.8. The maximum Gasteiger partial charge on any atom is 0.272 e. The Kier molecular flexibility index (Phi) is 6.65. The molecule has 166 valence electrons. The number of benzene rings is 1. The van der Waals surface area contributed by atoms with Crippen LogP contribution in [0.3, 0.4) is 0 Å². The van der Waals surface area contributed by atoms with E-state index >= 15 is 0 Å². The fraction of sp³-hybridized carbons (Fsp3) is 0.542. The Morgan fingerprint density at radius 1 is 1.23 bits per heavy atom. The minimum Gasteiger partial charge on any atom is -0.341 e. The highest BCUT2D eigenvalue weighted by Crippen LogP contribution is 2.30. The number of fused-ring (bicyclic) bond motifs is 1. The van der Waals surface area contributed by atoms with Crippen LogP contribution in [-0.4, -0.2) is 57.6 Å². The number of hydrogen-bond donors (Lipinski definition) is 0. The molecule has 4 rings (SSSR count). The van der Waals surface area contributed by atoms with E-state index in [4.69, 9.17) is 16.7 Å². The lowest BCUT2D eigenvalue weighted by atomic mass is 10.0. The summed E-state index contributed by atoms with van der Waals surface area (Å²) in [7, 11) is 0. The van der Waals surface area contributed by atoms with Gasteiger partial charge in [-0.3, -0.25) is 14.3 Å². The minimum absolute atomic E-state index is 0.0556. The van der Waals surface area contributed by atoms with Gasteiger partial charge in [-0.25, -0.2) is 0 Å². The molecule has 1 saturated heterocycles. The second kappa shape index (κ2) is 9.43. The van der Waals surface area contributed by atoms with Crippen LogP contribution in [-0.2, 0) is 4.79 Å². The van der Waals surface area contributed by atoms with Crippen molar-refractivity contribution in [2.45, 2.75) is 52.0 Å². The molecule has 1 fully saturated rings. The number of hydrogen-bond acceptors (Lipinski definition) is 3. The van der Waals surface area contributed by atoms with Crippen LogP contribution in [0.2, 0.25) is 5.02 Å². The third kappa shape index (κ3) is 4.79. The van der Waals surface area contributed by atoms with E-state index in [0.29, 0.717) is 23.2 Å². The number of likely N-dealkylation sites (tertiary alicyclic amines) is 1. The van der Waals surface area contributed by atoms with Crippen molar-refractivity contribution in [3.63, 3.8) is 0 Å². The summed E-state index contributed by atoms with van der Waals surface area (Å²) in [5, 5.41) is 5.45. The van der Waals surface area contributed by atoms with E-state index in [9.17, 15) is 9.59 Å². The summed E-state index contributed by atoms with van der Waals surface area (Å²) in [6.45, 7) is 6.61. The molecule has 1 aromatic carbocycles. The summed E-state index contributed by atoms with van der Waals surface area (Å²) in [6, 6.07) is 9.43. The number of carbonyl (C=O) groups is 2. The zero-order valence-electron chi connectivity index (χ0n) is 18.4. The average Bonchev–Trinajstić information content (AvgIpc) is 3.21. The molecule has 0 aliphatic carbocycles. The van der Waals surface area contributed by atoms with E-state index in [2.05, 4.69) is 13.8 Å². The predicted molar refractivity (Wildman–Crippen MR) is 122 cm³/mol. The maximum absolute atomic E-state index is 13.3. The first-order chi connectivity index (χ1) is 15.0. The third-order valence-electron chi connectivity index (χ3n) is 6.39. The summed E-state index contributed by atoms with van der Waals surface area (Å²) in [4.78, 5) is 29.9. The molecule has 6 nitrogen and oxygen atoms in total. The number of halogens is 1. The number of nitrogens with zero attached hydrogens (tertiary/aromatic N) is 4. The van der Waals surface area contributed by atoms with Gasteiger partial charge in [-0.1, -0.05) is 50.4 Å². The Morgan fingerprint density at radius 3 is 2.71 bits per heavy atom. The van der Waals surface area contributed by atoms with Crippen LogP contribution < -0.4 is 0 Å². The van der Waals surface area contributed by atoms with Gasteiger partial charge in [0.25, 0.3) is 5.91 Å². The molecular formula is C24H31ClN4O2. The summed E-state index contributed by atoms with van der Waals surface area (Å²) >= 11 is 6.02. The van der Waals surface area contributed by atoms with Gasteiger partial charge < -0.3 is 9.80 Å². The van der Waals surface area contributed by atoms with Gasteiger partial charge >= 0.3 is 0 Å². The third-order valence-corrected chi connectivity index (χ3v) is 6.64. The van der Waals surface area contributed by atoms with Crippen LogP contribution >= 0.6 is 11.6 Å². The fourth-order valence-electron chi connectivity index (χ4n) is 4.64. The van der Waals surface area contributed by atoms with Crippen LogP contribution in [0, 0.1) is 5.92 Å². The van der Waals surface area contributed by atoms with Crippen molar-refractivity contribution in [2.24, 2.45) is 5.92 Å². The lowest BCUT2D eigenvalue weighted by Gasteiger charge is -2.36. The van der Waals surface area contributed by atoms with Gasteiger partial charge in [-0.15, -0.1) is 0 Å². The van der Waals surface area contributed by atoms with Gasteiger partial charge in [0, 0.05) is 30.2 Å². The molecule has 2 aliphatic heterocycles. The van der Waals surface area contributed by atoms with Crippen molar-refractivity contribution in [1.29, 1.82) is 0 Å². The summed E-state index contributed by atoms with van der Waals surface area (Å²) < 4.78 is 1.88. The van der Waals surface area contributed by atoms with Crippen LogP contribution in [0.4, 0.5) is 0 Å². The standard InChI is InChI=1S/C24H31ClN4O2/c1-3-4-7-20-15-28(16-23(30)27-12-5-6-17(2)14-27)24(31)22-13-21(26-29(20)22)18-8-10-19(25)11-9-18/h8-11,13,17,20H,3-7,12,14-16H2,1-2H3/t17-,20?/m1/s1. The highest BCUT2D eigenvalue weighted by atomic mass is 35.5. The topological polar surface area (TPSA) is 58.4 Å². The minimum atomic E-state index is -0.112. The largest absolute Gasteiger partial charge is 0.341 e. The molecular weight excluding hydrogens is 412 g/mol. The van der Waals surface area contributed by atoms with E-state index < -0.39 is 0 Å². The van der Waals surface area contributed by atoms with Crippen LogP contribution in [0.1, 0.15) is 62.5 Å². The molecule has 0 saturated carbocycles. The van der Waals surface area contributed by atoms with Crippen molar-refractivity contribution < 1.29 is 9.59 Å². The highest BCUT2D eigenvalue weighted by Gasteiger charge is 2.35. The molecule has 0 radical (unpaired) electrons. The zero-order chi connectivity index (χ0) is 22.0. The lowest BCUT2D eigenvalue weighted by molar-refractivity contribution is -0.133. The Hall–Kier alpha value is -2.34. The van der Waals surface area contributed by atoms with Crippen molar-refractivity contribution in [2.75, 3.05) is 26.2 Å². The van der Waals surface area contributed by atoms with E-state index in [1.165, 1.54) is 0 Å². The van der Waals surface area contributed by atoms with Crippen LogP contribution in [0.15, 0.2) is 30.3 Å². The zero-order valence-corrected chi connectivity index (χ0v) is 19.1. The summed E-state index contributed by atoms with van der Waals surface area (Å²) in [5.41, 5.74) is 2.26. The quantitative estimate of drug-likeness (QED) is 0.654. The van der Waals surface area contributed by atoms with Gasteiger partial charge in [0.2, 0.25) is 5.91 Å². The van der Waals surface area contributed by atoms with Gasteiger partial charge in [0.15, 0.2) is 0 Å². The average molecular weight is 443 g/mol. The highest BCUT2D eigenvalue weighted by molar-refractivity contribution is 6.30. The molecule has 31 heavy (non-hydrogen) atoms. The van der Waals surface area contributed by atoms with Crippen LogP contribution in [0.25, 0.3) is 11.3 Å². The fourth-order valence-corrected chi connectivity index (χ4v) is 4.77. The van der Waals surface area contributed by atoms with Gasteiger partial charge in [0.1, 0.15) is 12.2 Å². The molecule has 2 atom stereocenters. The SMILES string of the molecule is CCCCC1CN(CC(=O)N2CCC[C@@H](C)C2)C(=O)c2cc(-c3ccc(Cl)cc3)nn21. The molecule has 1 unspecified atom stereocenters. The lowest BCUT2D eigenvalue weighted by Crippen LogP contribution is -2.50. The van der Waals surface area contributed by atoms with Crippen molar-refractivity contribution >= 4 is 23.4 Å². The Morgan fingerprint density at radius 2 is 2.00 bits per heavy atom. The van der Waals surface area contributed by atoms with Crippen molar-refractivity contribution in [1.82, 2.24) is 19.6 Å². The van der Waals surface area contributed by atoms with Gasteiger partial charge in [-0.05, 0) is 43.4 Å². The molecule has 2 aliphatic rings.